The molecule has 0 amide bonds. The molecule has 0 saturated heterocycles. The predicted octanol–water partition coefficient (Wildman–Crippen LogP) is 4.15. The Morgan fingerprint density at radius 1 is 1.29 bits per heavy atom. The van der Waals surface area contributed by atoms with E-state index in [2.05, 4.69) is 63.9 Å². The second-order valence-electron chi connectivity index (χ2n) is 4.08. The topological polar surface area (TPSA) is 12.0 Å². The highest BCUT2D eigenvalue weighted by atomic mass is 79.9. The van der Waals surface area contributed by atoms with Crippen LogP contribution in [0.2, 0.25) is 0 Å². The molecule has 0 radical (unpaired) electrons. The predicted molar refractivity (Wildman–Crippen MR) is 78.6 cm³/mol. The van der Waals surface area contributed by atoms with Gasteiger partial charge in [-0.1, -0.05) is 24.3 Å². The summed E-state index contributed by atoms with van der Waals surface area (Å²) in [6.45, 7) is 4.16. The van der Waals surface area contributed by atoms with Crippen molar-refractivity contribution < 1.29 is 0 Å². The van der Waals surface area contributed by atoms with Gasteiger partial charge >= 0.3 is 0 Å². The number of thiophene rings is 1. The van der Waals surface area contributed by atoms with Crippen molar-refractivity contribution in [3.63, 3.8) is 0 Å². The molecule has 0 unspecified atom stereocenters. The van der Waals surface area contributed by atoms with E-state index < -0.39 is 0 Å². The van der Waals surface area contributed by atoms with Crippen LogP contribution in [0.25, 0.3) is 0 Å². The average molecular weight is 310 g/mol. The molecular formula is C14H16BrNS. The number of benzene rings is 1. The lowest BCUT2D eigenvalue weighted by molar-refractivity contribution is 0.692. The van der Waals surface area contributed by atoms with E-state index in [4.69, 9.17) is 0 Å². The molecule has 1 aromatic carbocycles. The van der Waals surface area contributed by atoms with Crippen LogP contribution in [-0.4, -0.2) is 6.54 Å². The Hall–Kier alpha value is -0.640. The maximum atomic E-state index is 3.48. The molecule has 0 saturated carbocycles. The third-order valence-corrected chi connectivity index (χ3v) is 4.45. The van der Waals surface area contributed by atoms with Crippen LogP contribution in [0.1, 0.15) is 16.0 Å². The smallest absolute Gasteiger partial charge is 0.0300 e. The van der Waals surface area contributed by atoms with Crippen LogP contribution in [-0.2, 0) is 13.0 Å². The highest BCUT2D eigenvalue weighted by molar-refractivity contribution is 9.10. The first-order valence-corrected chi connectivity index (χ1v) is 7.41. The summed E-state index contributed by atoms with van der Waals surface area (Å²) in [5.41, 5.74) is 2.82. The van der Waals surface area contributed by atoms with Gasteiger partial charge in [-0.05, 0) is 53.0 Å². The summed E-state index contributed by atoms with van der Waals surface area (Å²) in [6.07, 6.45) is 1.10. The summed E-state index contributed by atoms with van der Waals surface area (Å²) in [5, 5.41) is 5.60. The van der Waals surface area contributed by atoms with Gasteiger partial charge in [-0.15, -0.1) is 11.3 Å². The van der Waals surface area contributed by atoms with Crippen LogP contribution >= 0.6 is 27.3 Å². The van der Waals surface area contributed by atoms with E-state index in [-0.39, 0.29) is 0 Å². The van der Waals surface area contributed by atoms with Crippen molar-refractivity contribution >= 4 is 27.3 Å². The van der Waals surface area contributed by atoms with Crippen LogP contribution in [0.15, 0.2) is 40.2 Å². The van der Waals surface area contributed by atoms with Crippen LogP contribution in [0.3, 0.4) is 0 Å². The summed E-state index contributed by atoms with van der Waals surface area (Å²) in [7, 11) is 0. The normalized spacial score (nSPS) is 10.7. The van der Waals surface area contributed by atoms with Gasteiger partial charge in [-0.25, -0.2) is 0 Å². The van der Waals surface area contributed by atoms with E-state index in [1.807, 2.05) is 0 Å². The van der Waals surface area contributed by atoms with Crippen LogP contribution < -0.4 is 5.32 Å². The molecule has 0 aliphatic carbocycles. The molecular weight excluding hydrogens is 294 g/mol. The molecule has 1 heterocycles. The van der Waals surface area contributed by atoms with Gasteiger partial charge in [-0.2, -0.15) is 0 Å². The fourth-order valence-electron chi connectivity index (χ4n) is 1.77. The van der Waals surface area contributed by atoms with E-state index in [1.54, 1.807) is 11.3 Å². The van der Waals surface area contributed by atoms with Gasteiger partial charge in [0.15, 0.2) is 0 Å². The number of halogens is 1. The fraction of sp³-hybridized carbons (Fsp3) is 0.286. The van der Waals surface area contributed by atoms with Crippen molar-refractivity contribution in [1.29, 1.82) is 0 Å². The van der Waals surface area contributed by atoms with Gasteiger partial charge in [-0.3, -0.25) is 0 Å². The average Bonchev–Trinajstić information content (AvgIpc) is 2.73. The molecule has 1 N–H and O–H groups in total. The number of hydrogen-bond donors (Lipinski definition) is 1. The summed E-state index contributed by atoms with van der Waals surface area (Å²) in [5.74, 6) is 0. The monoisotopic (exact) mass is 309 g/mol. The minimum Gasteiger partial charge on any atom is -0.312 e. The Labute approximate surface area is 115 Å². The largest absolute Gasteiger partial charge is 0.312 e. The third kappa shape index (κ3) is 3.95. The molecule has 0 bridgehead atoms. The Kier molecular flexibility index (Phi) is 4.77. The maximum absolute atomic E-state index is 3.48. The van der Waals surface area contributed by atoms with Crippen molar-refractivity contribution in [2.45, 2.75) is 19.9 Å². The van der Waals surface area contributed by atoms with E-state index in [1.165, 1.54) is 20.5 Å². The third-order valence-electron chi connectivity index (χ3n) is 2.75. The molecule has 1 aromatic heterocycles. The Balaban J connectivity index is 1.75. The van der Waals surface area contributed by atoms with Gasteiger partial charge in [0.25, 0.3) is 0 Å². The zero-order valence-corrected chi connectivity index (χ0v) is 12.3. The molecule has 1 nitrogen and oxygen atoms in total. The molecule has 0 atom stereocenters. The number of hydrogen-bond acceptors (Lipinski definition) is 2. The first kappa shape index (κ1) is 12.8. The van der Waals surface area contributed by atoms with Gasteiger partial charge in [0.05, 0.1) is 0 Å². The molecule has 0 aliphatic heterocycles. The molecule has 0 spiro atoms. The number of aryl methyl sites for hydroxylation is 1. The van der Waals surface area contributed by atoms with Crippen molar-refractivity contribution in [2.24, 2.45) is 0 Å². The highest BCUT2D eigenvalue weighted by Crippen LogP contribution is 2.19. The molecule has 0 fully saturated rings. The molecule has 17 heavy (non-hydrogen) atoms. The maximum Gasteiger partial charge on any atom is 0.0300 e. The second kappa shape index (κ2) is 6.34. The number of nitrogens with one attached hydrogen (secondary N) is 1. The van der Waals surface area contributed by atoms with Gasteiger partial charge in [0, 0.05) is 21.3 Å². The van der Waals surface area contributed by atoms with E-state index in [9.17, 15) is 0 Å². The lowest BCUT2D eigenvalue weighted by Gasteiger charge is -2.06. The molecule has 3 heteroatoms. The van der Waals surface area contributed by atoms with Gasteiger partial charge < -0.3 is 5.32 Å². The van der Waals surface area contributed by atoms with Crippen molar-refractivity contribution in [3.05, 3.63) is 56.2 Å². The summed E-state index contributed by atoms with van der Waals surface area (Å²) >= 11 is 5.26. The quantitative estimate of drug-likeness (QED) is 0.818. The summed E-state index contributed by atoms with van der Waals surface area (Å²) < 4.78 is 1.18. The molecule has 0 aliphatic rings. The van der Waals surface area contributed by atoms with Crippen molar-refractivity contribution in [2.75, 3.05) is 6.54 Å². The fourth-order valence-corrected chi connectivity index (χ4v) is 3.19. The van der Waals surface area contributed by atoms with Crippen LogP contribution in [0.4, 0.5) is 0 Å². The zero-order valence-electron chi connectivity index (χ0n) is 9.87. The van der Waals surface area contributed by atoms with E-state index in [0.29, 0.717) is 0 Å². The Bertz CT molecular complexity index is 479. The molecule has 2 aromatic rings. The molecule has 90 valence electrons. The van der Waals surface area contributed by atoms with E-state index >= 15 is 0 Å². The van der Waals surface area contributed by atoms with Crippen LogP contribution in [0.5, 0.6) is 0 Å². The summed E-state index contributed by atoms with van der Waals surface area (Å²) in [6, 6.07) is 10.8. The lowest BCUT2D eigenvalue weighted by Crippen LogP contribution is -2.16. The van der Waals surface area contributed by atoms with Crippen molar-refractivity contribution in [1.82, 2.24) is 5.32 Å². The number of rotatable bonds is 5. The zero-order chi connectivity index (χ0) is 12.1. The second-order valence-corrected chi connectivity index (χ2v) is 6.00. The highest BCUT2D eigenvalue weighted by Gasteiger charge is 1.98. The standard InChI is InChI=1S/C14H16BrNS/c1-11-4-2-3-5-12(11)6-7-16-9-14-8-13(15)10-17-14/h2-5,8,10,16H,6-7,9H2,1H3. The van der Waals surface area contributed by atoms with Crippen LogP contribution in [0, 0.1) is 6.92 Å². The SMILES string of the molecule is Cc1ccccc1CCNCc1cc(Br)cs1. The minimum absolute atomic E-state index is 0.960. The minimum atomic E-state index is 0.960. The van der Waals surface area contributed by atoms with Crippen molar-refractivity contribution in [3.8, 4) is 0 Å². The first-order chi connectivity index (χ1) is 8.25. The lowest BCUT2D eigenvalue weighted by atomic mass is 10.1. The Morgan fingerprint density at radius 3 is 2.82 bits per heavy atom. The van der Waals surface area contributed by atoms with E-state index in [0.717, 1.165) is 19.5 Å². The van der Waals surface area contributed by atoms with Gasteiger partial charge in [0.1, 0.15) is 0 Å². The van der Waals surface area contributed by atoms with Gasteiger partial charge in [0.2, 0.25) is 0 Å². The Morgan fingerprint density at radius 2 is 2.12 bits per heavy atom. The first-order valence-electron chi connectivity index (χ1n) is 5.74. The summed E-state index contributed by atoms with van der Waals surface area (Å²) in [4.78, 5) is 1.38. The molecule has 2 rings (SSSR count).